The molecular formula is C17H23NO3. The lowest BCUT2D eigenvalue weighted by Crippen LogP contribution is -2.33. The standard InChI is InChI=1S/C17H23NO3/c1-17(2)10-9-12(13-5-3-4-6-14(13)17)11-18-15(19)7-8-16(20)21/h3-6,12H,7-11H2,1-2H3,(H,18,19)(H,20,21). The summed E-state index contributed by atoms with van der Waals surface area (Å²) in [7, 11) is 0. The zero-order chi connectivity index (χ0) is 15.5. The molecule has 114 valence electrons. The van der Waals surface area contributed by atoms with Crippen molar-refractivity contribution in [1.82, 2.24) is 5.32 Å². The van der Waals surface area contributed by atoms with Gasteiger partial charge in [0.1, 0.15) is 0 Å². The molecule has 0 bridgehead atoms. The molecule has 1 amide bonds. The number of fused-ring (bicyclic) bond motifs is 1. The molecule has 0 aliphatic heterocycles. The number of rotatable bonds is 5. The Hall–Kier alpha value is -1.84. The number of hydrogen-bond donors (Lipinski definition) is 2. The minimum Gasteiger partial charge on any atom is -0.481 e. The van der Waals surface area contributed by atoms with Gasteiger partial charge in [-0.1, -0.05) is 38.1 Å². The van der Waals surface area contributed by atoms with Crippen molar-refractivity contribution in [3.63, 3.8) is 0 Å². The van der Waals surface area contributed by atoms with Crippen LogP contribution < -0.4 is 5.32 Å². The largest absolute Gasteiger partial charge is 0.481 e. The number of carbonyl (C=O) groups is 2. The maximum atomic E-state index is 11.7. The van der Waals surface area contributed by atoms with Crippen LogP contribution in [0.15, 0.2) is 24.3 Å². The van der Waals surface area contributed by atoms with Crippen molar-refractivity contribution in [2.45, 2.75) is 50.9 Å². The van der Waals surface area contributed by atoms with E-state index in [0.29, 0.717) is 12.5 Å². The van der Waals surface area contributed by atoms with E-state index in [-0.39, 0.29) is 24.2 Å². The molecule has 2 rings (SSSR count). The van der Waals surface area contributed by atoms with Crippen molar-refractivity contribution in [1.29, 1.82) is 0 Å². The monoisotopic (exact) mass is 289 g/mol. The molecule has 21 heavy (non-hydrogen) atoms. The van der Waals surface area contributed by atoms with E-state index in [2.05, 4.69) is 37.4 Å². The van der Waals surface area contributed by atoms with Crippen LogP contribution in [0.25, 0.3) is 0 Å². The van der Waals surface area contributed by atoms with Crippen LogP contribution in [-0.2, 0) is 15.0 Å². The lowest BCUT2D eigenvalue weighted by atomic mass is 9.69. The highest BCUT2D eigenvalue weighted by Crippen LogP contribution is 2.42. The second kappa shape index (κ2) is 6.29. The average molecular weight is 289 g/mol. The Bertz CT molecular complexity index is 537. The summed E-state index contributed by atoms with van der Waals surface area (Å²) in [4.78, 5) is 22.1. The summed E-state index contributed by atoms with van der Waals surface area (Å²) < 4.78 is 0. The van der Waals surface area contributed by atoms with Gasteiger partial charge in [0.2, 0.25) is 5.91 Å². The van der Waals surface area contributed by atoms with Crippen LogP contribution in [0.1, 0.15) is 56.6 Å². The molecule has 1 unspecified atom stereocenters. The molecular weight excluding hydrogens is 266 g/mol. The molecule has 4 heteroatoms. The molecule has 1 atom stereocenters. The number of carbonyl (C=O) groups excluding carboxylic acids is 1. The first-order chi connectivity index (χ1) is 9.90. The molecule has 2 N–H and O–H groups in total. The number of benzene rings is 1. The van der Waals surface area contributed by atoms with Crippen LogP contribution in [0, 0.1) is 0 Å². The zero-order valence-electron chi connectivity index (χ0n) is 12.7. The van der Waals surface area contributed by atoms with Crippen LogP contribution in [0.4, 0.5) is 0 Å². The molecule has 0 fully saturated rings. The van der Waals surface area contributed by atoms with Gasteiger partial charge in [-0.2, -0.15) is 0 Å². The van der Waals surface area contributed by atoms with E-state index in [0.717, 1.165) is 12.8 Å². The minimum atomic E-state index is -0.935. The van der Waals surface area contributed by atoms with Crippen molar-refractivity contribution >= 4 is 11.9 Å². The number of aliphatic carboxylic acids is 1. The van der Waals surface area contributed by atoms with Gasteiger partial charge in [-0.15, -0.1) is 0 Å². The fourth-order valence-electron chi connectivity index (χ4n) is 3.05. The molecule has 1 aliphatic rings. The number of nitrogens with one attached hydrogen (secondary N) is 1. The van der Waals surface area contributed by atoms with Gasteiger partial charge < -0.3 is 10.4 Å². The smallest absolute Gasteiger partial charge is 0.303 e. The van der Waals surface area contributed by atoms with E-state index >= 15 is 0 Å². The maximum absolute atomic E-state index is 11.7. The van der Waals surface area contributed by atoms with Crippen LogP contribution >= 0.6 is 0 Å². The van der Waals surface area contributed by atoms with Crippen LogP contribution in [0.5, 0.6) is 0 Å². The molecule has 1 aliphatic carbocycles. The molecule has 1 aromatic rings. The van der Waals surface area contributed by atoms with Crippen molar-refractivity contribution in [2.75, 3.05) is 6.54 Å². The van der Waals surface area contributed by atoms with Gasteiger partial charge in [0.25, 0.3) is 0 Å². The summed E-state index contributed by atoms with van der Waals surface area (Å²) in [6.07, 6.45) is 2.08. The molecule has 0 aromatic heterocycles. The molecule has 0 spiro atoms. The van der Waals surface area contributed by atoms with E-state index in [1.807, 2.05) is 6.07 Å². The Morgan fingerprint density at radius 2 is 2.00 bits per heavy atom. The predicted octanol–water partition coefficient (Wildman–Crippen LogP) is 2.82. The third-order valence-corrected chi connectivity index (χ3v) is 4.36. The number of carboxylic acid groups (broad SMARTS) is 1. The third kappa shape index (κ3) is 3.84. The maximum Gasteiger partial charge on any atom is 0.303 e. The van der Waals surface area contributed by atoms with Gasteiger partial charge in [0.15, 0.2) is 0 Å². The van der Waals surface area contributed by atoms with E-state index in [1.54, 1.807) is 0 Å². The van der Waals surface area contributed by atoms with Gasteiger partial charge in [-0.05, 0) is 29.4 Å². The van der Waals surface area contributed by atoms with Gasteiger partial charge in [-0.3, -0.25) is 9.59 Å². The van der Waals surface area contributed by atoms with Crippen LogP contribution in [-0.4, -0.2) is 23.5 Å². The van der Waals surface area contributed by atoms with Crippen molar-refractivity contribution in [2.24, 2.45) is 0 Å². The highest BCUT2D eigenvalue weighted by Gasteiger charge is 2.32. The van der Waals surface area contributed by atoms with Gasteiger partial charge in [0, 0.05) is 18.9 Å². The Balaban J connectivity index is 1.99. The fraction of sp³-hybridized carbons (Fsp3) is 0.529. The Kier molecular flexibility index (Phi) is 4.66. The molecule has 0 heterocycles. The molecule has 0 radical (unpaired) electrons. The van der Waals surface area contributed by atoms with Crippen molar-refractivity contribution in [3.05, 3.63) is 35.4 Å². The second-order valence-electron chi connectivity index (χ2n) is 6.40. The lowest BCUT2D eigenvalue weighted by molar-refractivity contribution is -0.138. The van der Waals surface area contributed by atoms with E-state index in [9.17, 15) is 9.59 Å². The summed E-state index contributed by atoms with van der Waals surface area (Å²) in [5.74, 6) is -0.794. The highest BCUT2D eigenvalue weighted by molar-refractivity contribution is 5.80. The first-order valence-corrected chi connectivity index (χ1v) is 7.48. The topological polar surface area (TPSA) is 66.4 Å². The van der Waals surface area contributed by atoms with Crippen LogP contribution in [0.3, 0.4) is 0 Å². The Morgan fingerprint density at radius 3 is 2.71 bits per heavy atom. The normalized spacial score (nSPS) is 19.6. The number of amides is 1. The fourth-order valence-corrected chi connectivity index (χ4v) is 3.05. The van der Waals surface area contributed by atoms with Crippen molar-refractivity contribution < 1.29 is 14.7 Å². The average Bonchev–Trinajstić information content (AvgIpc) is 2.44. The van der Waals surface area contributed by atoms with Crippen molar-refractivity contribution in [3.8, 4) is 0 Å². The quantitative estimate of drug-likeness (QED) is 0.876. The Labute approximate surface area is 125 Å². The SMILES string of the molecule is CC1(C)CCC(CNC(=O)CCC(=O)O)c2ccccc21. The first-order valence-electron chi connectivity index (χ1n) is 7.48. The van der Waals surface area contributed by atoms with E-state index < -0.39 is 5.97 Å². The first kappa shape index (κ1) is 15.5. The van der Waals surface area contributed by atoms with Gasteiger partial charge in [-0.25, -0.2) is 0 Å². The minimum absolute atomic E-state index is 0.0508. The zero-order valence-corrected chi connectivity index (χ0v) is 12.7. The summed E-state index contributed by atoms with van der Waals surface area (Å²) >= 11 is 0. The summed E-state index contributed by atoms with van der Waals surface area (Å²) in [6, 6.07) is 8.42. The summed E-state index contributed by atoms with van der Waals surface area (Å²) in [5, 5.41) is 11.5. The third-order valence-electron chi connectivity index (χ3n) is 4.36. The summed E-state index contributed by atoms with van der Waals surface area (Å²) in [6.45, 7) is 5.10. The molecule has 4 nitrogen and oxygen atoms in total. The number of carboxylic acids is 1. The predicted molar refractivity (Wildman–Crippen MR) is 81.3 cm³/mol. The molecule has 0 saturated carbocycles. The van der Waals surface area contributed by atoms with Gasteiger partial charge in [0.05, 0.1) is 6.42 Å². The Morgan fingerprint density at radius 1 is 1.29 bits per heavy atom. The van der Waals surface area contributed by atoms with Gasteiger partial charge >= 0.3 is 5.97 Å². The second-order valence-corrected chi connectivity index (χ2v) is 6.40. The molecule has 1 aromatic carbocycles. The lowest BCUT2D eigenvalue weighted by Gasteiger charge is -2.37. The number of hydrogen-bond acceptors (Lipinski definition) is 2. The van der Waals surface area contributed by atoms with E-state index in [4.69, 9.17) is 5.11 Å². The van der Waals surface area contributed by atoms with E-state index in [1.165, 1.54) is 11.1 Å². The van der Waals surface area contributed by atoms with Crippen LogP contribution in [0.2, 0.25) is 0 Å². The molecule has 0 saturated heterocycles. The summed E-state index contributed by atoms with van der Waals surface area (Å²) in [5.41, 5.74) is 2.86. The highest BCUT2D eigenvalue weighted by atomic mass is 16.4.